The zero-order valence-corrected chi connectivity index (χ0v) is 12.0. The first-order valence-corrected chi connectivity index (χ1v) is 6.84. The van der Waals surface area contributed by atoms with Gasteiger partial charge >= 0.3 is 0 Å². The highest BCUT2D eigenvalue weighted by molar-refractivity contribution is 6.29. The Morgan fingerprint density at radius 1 is 1.00 bits per heavy atom. The van der Waals surface area contributed by atoms with Crippen molar-refractivity contribution >= 4 is 23.1 Å². The fourth-order valence-corrected chi connectivity index (χ4v) is 2.15. The van der Waals surface area contributed by atoms with Crippen LogP contribution in [0.4, 0.5) is 15.9 Å². The van der Waals surface area contributed by atoms with Crippen molar-refractivity contribution in [2.75, 3.05) is 5.32 Å². The summed E-state index contributed by atoms with van der Waals surface area (Å²) in [6.07, 6.45) is 0. The van der Waals surface area contributed by atoms with Crippen molar-refractivity contribution in [2.24, 2.45) is 0 Å². The molecule has 3 aromatic rings. The Labute approximate surface area is 131 Å². The van der Waals surface area contributed by atoms with Gasteiger partial charge in [-0.15, -0.1) is 0 Å². The van der Waals surface area contributed by atoms with E-state index in [1.165, 1.54) is 12.1 Å². The molecule has 0 amide bonds. The Morgan fingerprint density at radius 2 is 1.82 bits per heavy atom. The standard InChI is InChI=1S/C16H11ClFN3O/c17-14-9-15(19-12-5-2-6-13(22)8-12)21-16(20-14)10-3-1-4-11(18)7-10/h1-9,22H,(H,19,20,21). The smallest absolute Gasteiger partial charge is 0.163 e. The average molecular weight is 316 g/mol. The number of aromatic nitrogens is 2. The topological polar surface area (TPSA) is 58.0 Å². The van der Waals surface area contributed by atoms with E-state index in [1.54, 1.807) is 42.5 Å². The van der Waals surface area contributed by atoms with Gasteiger partial charge in [-0.25, -0.2) is 14.4 Å². The normalized spacial score (nSPS) is 10.5. The van der Waals surface area contributed by atoms with Crippen LogP contribution >= 0.6 is 11.6 Å². The van der Waals surface area contributed by atoms with Crippen molar-refractivity contribution < 1.29 is 9.50 Å². The lowest BCUT2D eigenvalue weighted by Gasteiger charge is -2.08. The SMILES string of the molecule is Oc1cccc(Nc2cc(Cl)nc(-c3cccc(F)c3)n2)c1. The number of nitrogens with one attached hydrogen (secondary N) is 1. The number of nitrogens with zero attached hydrogens (tertiary/aromatic N) is 2. The van der Waals surface area contributed by atoms with Gasteiger partial charge in [0.15, 0.2) is 5.82 Å². The van der Waals surface area contributed by atoms with Crippen LogP contribution < -0.4 is 5.32 Å². The van der Waals surface area contributed by atoms with Crippen LogP contribution in [0.5, 0.6) is 5.75 Å². The molecule has 0 radical (unpaired) electrons. The van der Waals surface area contributed by atoms with Gasteiger partial charge in [0.1, 0.15) is 22.5 Å². The number of rotatable bonds is 3. The van der Waals surface area contributed by atoms with Crippen molar-refractivity contribution in [1.29, 1.82) is 0 Å². The van der Waals surface area contributed by atoms with Gasteiger partial charge in [0.2, 0.25) is 0 Å². The molecule has 0 aliphatic heterocycles. The molecule has 3 rings (SSSR count). The first-order chi connectivity index (χ1) is 10.6. The fourth-order valence-electron chi connectivity index (χ4n) is 1.97. The van der Waals surface area contributed by atoms with Crippen molar-refractivity contribution in [3.63, 3.8) is 0 Å². The van der Waals surface area contributed by atoms with Gasteiger partial charge in [0.05, 0.1) is 0 Å². The summed E-state index contributed by atoms with van der Waals surface area (Å²) in [6, 6.07) is 14.1. The molecule has 2 N–H and O–H groups in total. The van der Waals surface area contributed by atoms with E-state index in [4.69, 9.17) is 11.6 Å². The van der Waals surface area contributed by atoms with Gasteiger partial charge in [0.25, 0.3) is 0 Å². The summed E-state index contributed by atoms with van der Waals surface area (Å²) in [5, 5.41) is 12.7. The van der Waals surface area contributed by atoms with Gasteiger partial charge in [-0.3, -0.25) is 0 Å². The van der Waals surface area contributed by atoms with Gasteiger partial charge < -0.3 is 10.4 Å². The Bertz CT molecular complexity index is 826. The minimum atomic E-state index is -0.372. The van der Waals surface area contributed by atoms with E-state index in [2.05, 4.69) is 15.3 Å². The molecule has 0 aliphatic rings. The second-order valence-electron chi connectivity index (χ2n) is 4.59. The number of hydrogen-bond acceptors (Lipinski definition) is 4. The van der Waals surface area contributed by atoms with Crippen LogP contribution in [0.25, 0.3) is 11.4 Å². The van der Waals surface area contributed by atoms with E-state index in [0.29, 0.717) is 22.9 Å². The van der Waals surface area contributed by atoms with Gasteiger partial charge in [0, 0.05) is 23.4 Å². The molecule has 110 valence electrons. The molecule has 0 bridgehead atoms. The van der Waals surface area contributed by atoms with Crippen LogP contribution in [0.3, 0.4) is 0 Å². The number of halogens is 2. The summed E-state index contributed by atoms with van der Waals surface area (Å²) in [6.45, 7) is 0. The number of phenols is 1. The predicted octanol–water partition coefficient (Wildman–Crippen LogP) is 4.39. The third kappa shape index (κ3) is 3.32. The zero-order valence-electron chi connectivity index (χ0n) is 11.3. The van der Waals surface area contributed by atoms with Crippen molar-refractivity contribution in [3.8, 4) is 17.1 Å². The summed E-state index contributed by atoms with van der Waals surface area (Å²) in [7, 11) is 0. The molecular formula is C16H11ClFN3O. The van der Waals surface area contributed by atoms with Crippen LogP contribution in [0.2, 0.25) is 5.15 Å². The van der Waals surface area contributed by atoms with Crippen molar-refractivity contribution in [1.82, 2.24) is 9.97 Å². The summed E-state index contributed by atoms with van der Waals surface area (Å²) >= 11 is 6.00. The second-order valence-corrected chi connectivity index (χ2v) is 4.97. The highest BCUT2D eigenvalue weighted by Gasteiger charge is 2.07. The maximum absolute atomic E-state index is 13.3. The lowest BCUT2D eigenvalue weighted by molar-refractivity contribution is 0.475. The highest BCUT2D eigenvalue weighted by Crippen LogP contribution is 2.24. The molecule has 0 spiro atoms. The molecule has 1 heterocycles. The Balaban J connectivity index is 1.96. The summed E-state index contributed by atoms with van der Waals surface area (Å²) < 4.78 is 13.3. The first-order valence-electron chi connectivity index (χ1n) is 6.47. The summed E-state index contributed by atoms with van der Waals surface area (Å²) in [5.41, 5.74) is 1.18. The molecule has 2 aromatic carbocycles. The molecule has 0 atom stereocenters. The van der Waals surface area contributed by atoms with E-state index in [-0.39, 0.29) is 16.7 Å². The second kappa shape index (κ2) is 5.99. The van der Waals surface area contributed by atoms with Gasteiger partial charge in [-0.2, -0.15) is 0 Å². The lowest BCUT2D eigenvalue weighted by atomic mass is 10.2. The minimum absolute atomic E-state index is 0.135. The Kier molecular flexibility index (Phi) is 3.89. The van der Waals surface area contributed by atoms with E-state index in [9.17, 15) is 9.50 Å². The molecule has 22 heavy (non-hydrogen) atoms. The molecule has 0 aliphatic carbocycles. The number of benzene rings is 2. The minimum Gasteiger partial charge on any atom is -0.508 e. The maximum atomic E-state index is 13.3. The van der Waals surface area contributed by atoms with Crippen LogP contribution in [0, 0.1) is 5.82 Å². The average Bonchev–Trinajstić information content (AvgIpc) is 2.46. The summed E-state index contributed by atoms with van der Waals surface area (Å²) in [5.74, 6) is 0.526. The molecule has 0 saturated carbocycles. The van der Waals surface area contributed by atoms with Crippen molar-refractivity contribution in [3.05, 3.63) is 65.6 Å². The monoisotopic (exact) mass is 315 g/mol. The summed E-state index contributed by atoms with van der Waals surface area (Å²) in [4.78, 5) is 8.42. The predicted molar refractivity (Wildman–Crippen MR) is 83.8 cm³/mol. The van der Waals surface area contributed by atoms with Crippen LogP contribution in [0.15, 0.2) is 54.6 Å². The Hall–Kier alpha value is -2.66. The fraction of sp³-hybridized carbons (Fsp3) is 0. The first kappa shape index (κ1) is 14.3. The zero-order chi connectivity index (χ0) is 15.5. The molecule has 0 saturated heterocycles. The van der Waals surface area contributed by atoms with E-state index < -0.39 is 0 Å². The highest BCUT2D eigenvalue weighted by atomic mass is 35.5. The molecule has 1 aromatic heterocycles. The number of anilines is 2. The lowest BCUT2D eigenvalue weighted by Crippen LogP contribution is -1.98. The third-order valence-electron chi connectivity index (χ3n) is 2.90. The third-order valence-corrected chi connectivity index (χ3v) is 3.09. The van der Waals surface area contributed by atoms with Crippen LogP contribution in [-0.2, 0) is 0 Å². The molecular weight excluding hydrogens is 305 g/mol. The quantitative estimate of drug-likeness (QED) is 0.704. The van der Waals surface area contributed by atoms with Crippen molar-refractivity contribution in [2.45, 2.75) is 0 Å². The van der Waals surface area contributed by atoms with E-state index in [0.717, 1.165) is 0 Å². The maximum Gasteiger partial charge on any atom is 0.163 e. The molecule has 0 unspecified atom stereocenters. The number of hydrogen-bond donors (Lipinski definition) is 2. The van der Waals surface area contributed by atoms with Gasteiger partial charge in [-0.05, 0) is 24.3 Å². The largest absolute Gasteiger partial charge is 0.508 e. The van der Waals surface area contributed by atoms with E-state index >= 15 is 0 Å². The van der Waals surface area contributed by atoms with Crippen LogP contribution in [-0.4, -0.2) is 15.1 Å². The molecule has 4 nitrogen and oxygen atoms in total. The number of aromatic hydroxyl groups is 1. The molecule has 0 fully saturated rings. The van der Waals surface area contributed by atoms with Gasteiger partial charge in [-0.1, -0.05) is 29.8 Å². The van der Waals surface area contributed by atoms with Crippen LogP contribution in [0.1, 0.15) is 0 Å². The number of phenolic OH excluding ortho intramolecular Hbond substituents is 1. The van der Waals surface area contributed by atoms with E-state index in [1.807, 2.05) is 0 Å². The Morgan fingerprint density at radius 3 is 2.59 bits per heavy atom. The molecule has 6 heteroatoms.